The average Bonchev–Trinajstić information content (AvgIpc) is 3.29. The summed E-state index contributed by atoms with van der Waals surface area (Å²) < 4.78 is 7.76. The minimum Gasteiger partial charge on any atom is -0.456 e. The predicted octanol–water partition coefficient (Wildman–Crippen LogP) is 7.05. The number of hydrogen-bond donors (Lipinski definition) is 0. The van der Waals surface area contributed by atoms with E-state index in [0.717, 1.165) is 28.1 Å². The smallest absolute Gasteiger partial charge is 0.338 e. The lowest BCUT2D eigenvalue weighted by Crippen LogP contribution is -2.14. The molecule has 1 aromatic heterocycles. The molecule has 4 aromatic rings. The highest BCUT2D eigenvalue weighted by atomic mass is 16.6. The molecule has 0 saturated carbocycles. The van der Waals surface area contributed by atoms with Crippen LogP contribution < -0.4 is 0 Å². The monoisotopic (exact) mass is 524 g/mol. The molecule has 0 spiro atoms. The molecule has 0 fully saturated rings. The van der Waals surface area contributed by atoms with Crippen molar-refractivity contribution in [2.45, 2.75) is 52.7 Å². The van der Waals surface area contributed by atoms with Gasteiger partial charge in [0, 0.05) is 36.4 Å². The van der Waals surface area contributed by atoms with Crippen LogP contribution in [-0.4, -0.2) is 21.2 Å². The van der Waals surface area contributed by atoms with Gasteiger partial charge >= 0.3 is 5.97 Å². The number of esters is 1. The van der Waals surface area contributed by atoms with Gasteiger partial charge in [0.1, 0.15) is 6.61 Å². The maximum atomic E-state index is 13.5. The maximum absolute atomic E-state index is 13.5. The zero-order valence-electron chi connectivity index (χ0n) is 22.4. The Morgan fingerprint density at radius 2 is 1.62 bits per heavy atom. The summed E-state index contributed by atoms with van der Waals surface area (Å²) in [5.74, 6) is -0.442. The quantitative estimate of drug-likeness (QED) is 0.0907. The van der Waals surface area contributed by atoms with Crippen LogP contribution in [0.4, 0.5) is 5.69 Å². The van der Waals surface area contributed by atoms with E-state index >= 15 is 0 Å². The van der Waals surface area contributed by atoms with Gasteiger partial charge in [0.2, 0.25) is 0 Å². The number of rotatable bonds is 11. The summed E-state index contributed by atoms with van der Waals surface area (Å²) in [5.41, 5.74) is 5.54. The third kappa shape index (κ3) is 6.87. The van der Waals surface area contributed by atoms with Crippen molar-refractivity contribution in [1.29, 1.82) is 0 Å². The second kappa shape index (κ2) is 12.3. The molecule has 7 heteroatoms. The number of ketones is 1. The molecule has 0 N–H and O–H groups in total. The number of benzene rings is 3. The van der Waals surface area contributed by atoms with Crippen LogP contribution in [0.25, 0.3) is 0 Å². The number of nitro groups is 1. The van der Waals surface area contributed by atoms with Gasteiger partial charge in [0.05, 0.1) is 16.2 Å². The molecular weight excluding hydrogens is 492 g/mol. The van der Waals surface area contributed by atoms with E-state index in [1.54, 1.807) is 24.3 Å². The zero-order valence-corrected chi connectivity index (χ0v) is 22.4. The Labute approximate surface area is 228 Å². The molecule has 4 rings (SSSR count). The van der Waals surface area contributed by atoms with E-state index in [9.17, 15) is 19.7 Å². The summed E-state index contributed by atoms with van der Waals surface area (Å²) in [5, 5.41) is 11.1. The number of aryl methyl sites for hydroxylation is 2. The van der Waals surface area contributed by atoms with Crippen molar-refractivity contribution < 1.29 is 19.2 Å². The molecule has 200 valence electrons. The lowest BCUT2D eigenvalue weighted by Gasteiger charge is -2.17. The second-order valence-corrected chi connectivity index (χ2v) is 9.95. The highest BCUT2D eigenvalue weighted by Crippen LogP contribution is 2.28. The van der Waals surface area contributed by atoms with Crippen molar-refractivity contribution in [3.05, 3.63) is 134 Å². The van der Waals surface area contributed by atoms with Gasteiger partial charge < -0.3 is 9.30 Å². The minimum atomic E-state index is -0.434. The molecule has 0 amide bonds. The van der Waals surface area contributed by atoms with E-state index in [1.165, 1.54) is 12.1 Å². The summed E-state index contributed by atoms with van der Waals surface area (Å²) >= 11 is 0. The first kappa shape index (κ1) is 27.5. The Balaban J connectivity index is 1.62. The number of nitrogens with zero attached hydrogens (tertiary/aromatic N) is 2. The van der Waals surface area contributed by atoms with E-state index < -0.39 is 10.9 Å². The topological polar surface area (TPSA) is 91.4 Å². The molecule has 0 saturated heterocycles. The molecule has 0 atom stereocenters. The number of hydrogen-bond acceptors (Lipinski definition) is 5. The Morgan fingerprint density at radius 3 is 2.28 bits per heavy atom. The van der Waals surface area contributed by atoms with Gasteiger partial charge in [0.15, 0.2) is 5.78 Å². The van der Waals surface area contributed by atoms with Gasteiger partial charge in [-0.05, 0) is 48.6 Å². The van der Waals surface area contributed by atoms with Crippen LogP contribution in [0.2, 0.25) is 0 Å². The fraction of sp³-hybridized carbons (Fsp3) is 0.250. The number of carbonyl (C=O) groups excluding carboxylic acids is 2. The van der Waals surface area contributed by atoms with Crippen molar-refractivity contribution >= 4 is 17.4 Å². The standard InChI is InChI=1S/C32H32N2O5/c1-22(2)31-29(30(35)17-14-24-10-7-11-27(18-24)34(37)38)19-28(33(31)20-25-8-5-4-6-9-25)21-39-32(36)26-15-12-23(3)13-16-26/h4-13,15-16,18-19,22H,14,17,20-21H2,1-3H3. The van der Waals surface area contributed by atoms with E-state index in [2.05, 4.69) is 4.57 Å². The third-order valence-electron chi connectivity index (χ3n) is 6.66. The summed E-state index contributed by atoms with van der Waals surface area (Å²) in [6.45, 7) is 6.59. The van der Waals surface area contributed by atoms with E-state index in [0.29, 0.717) is 24.1 Å². The van der Waals surface area contributed by atoms with Crippen LogP contribution in [0.5, 0.6) is 0 Å². The molecule has 1 heterocycles. The van der Waals surface area contributed by atoms with Crippen LogP contribution in [0.3, 0.4) is 0 Å². The zero-order chi connectivity index (χ0) is 27.9. The molecule has 0 aliphatic carbocycles. The van der Waals surface area contributed by atoms with Gasteiger partial charge in [0.25, 0.3) is 5.69 Å². The number of Topliss-reactive ketones (excluding diaryl/α,β-unsaturated/α-hetero) is 1. The first-order valence-corrected chi connectivity index (χ1v) is 13.0. The fourth-order valence-corrected chi connectivity index (χ4v) is 4.67. The molecule has 0 bridgehead atoms. The van der Waals surface area contributed by atoms with Crippen LogP contribution >= 0.6 is 0 Å². The third-order valence-corrected chi connectivity index (χ3v) is 6.66. The van der Waals surface area contributed by atoms with Crippen LogP contribution in [0, 0.1) is 17.0 Å². The Morgan fingerprint density at radius 1 is 0.923 bits per heavy atom. The Bertz CT molecular complexity index is 1470. The second-order valence-electron chi connectivity index (χ2n) is 9.95. The molecule has 3 aromatic carbocycles. The normalized spacial score (nSPS) is 11.0. The van der Waals surface area contributed by atoms with E-state index in [4.69, 9.17) is 4.74 Å². The minimum absolute atomic E-state index is 0.00881. The molecule has 0 unspecified atom stereocenters. The predicted molar refractivity (Wildman–Crippen MR) is 150 cm³/mol. The van der Waals surface area contributed by atoms with Gasteiger partial charge in [-0.15, -0.1) is 0 Å². The van der Waals surface area contributed by atoms with E-state index in [1.807, 2.05) is 69.3 Å². The van der Waals surface area contributed by atoms with Crippen molar-refractivity contribution in [2.75, 3.05) is 0 Å². The maximum Gasteiger partial charge on any atom is 0.338 e. The summed E-state index contributed by atoms with van der Waals surface area (Å²) in [4.78, 5) is 37.0. The summed E-state index contributed by atoms with van der Waals surface area (Å²) in [7, 11) is 0. The highest BCUT2D eigenvalue weighted by Gasteiger charge is 2.23. The average molecular weight is 525 g/mol. The van der Waals surface area contributed by atoms with Gasteiger partial charge in [-0.1, -0.05) is 74.0 Å². The largest absolute Gasteiger partial charge is 0.456 e. The summed E-state index contributed by atoms with van der Waals surface area (Å²) in [6.07, 6.45) is 0.596. The molecule has 39 heavy (non-hydrogen) atoms. The van der Waals surface area contributed by atoms with Crippen molar-refractivity contribution in [3.8, 4) is 0 Å². The van der Waals surface area contributed by atoms with Gasteiger partial charge in [-0.2, -0.15) is 0 Å². The first-order chi connectivity index (χ1) is 18.7. The first-order valence-electron chi connectivity index (χ1n) is 13.0. The van der Waals surface area contributed by atoms with Gasteiger partial charge in [-0.3, -0.25) is 14.9 Å². The Kier molecular flexibility index (Phi) is 8.71. The SMILES string of the molecule is Cc1ccc(C(=O)OCc2cc(C(=O)CCc3cccc([N+](=O)[O-])c3)c(C(C)C)n2Cc2ccccc2)cc1. The van der Waals surface area contributed by atoms with E-state index in [-0.39, 0.29) is 30.4 Å². The number of carbonyl (C=O) groups is 2. The van der Waals surface area contributed by atoms with Crippen molar-refractivity contribution in [1.82, 2.24) is 4.57 Å². The van der Waals surface area contributed by atoms with Crippen molar-refractivity contribution in [2.24, 2.45) is 0 Å². The molecule has 0 aliphatic rings. The van der Waals surface area contributed by atoms with Crippen molar-refractivity contribution in [3.63, 3.8) is 0 Å². The van der Waals surface area contributed by atoms with Crippen LogP contribution in [0.1, 0.15) is 75.0 Å². The lowest BCUT2D eigenvalue weighted by molar-refractivity contribution is -0.384. The van der Waals surface area contributed by atoms with Crippen LogP contribution in [0.15, 0.2) is 84.9 Å². The molecule has 0 radical (unpaired) electrons. The molecular formula is C32H32N2O5. The summed E-state index contributed by atoms with van der Waals surface area (Å²) in [6, 6.07) is 25.3. The molecule has 0 aliphatic heterocycles. The van der Waals surface area contributed by atoms with Crippen LogP contribution in [-0.2, 0) is 24.3 Å². The number of ether oxygens (including phenoxy) is 1. The number of aromatic nitrogens is 1. The van der Waals surface area contributed by atoms with Gasteiger partial charge in [-0.25, -0.2) is 4.79 Å². The number of non-ortho nitro benzene ring substituents is 1. The molecule has 7 nitrogen and oxygen atoms in total. The highest BCUT2D eigenvalue weighted by molar-refractivity contribution is 5.98. The lowest BCUT2D eigenvalue weighted by atomic mass is 9.98. The fourth-order valence-electron chi connectivity index (χ4n) is 4.67. The Hall–Kier alpha value is -4.52. The number of nitro benzene ring substituents is 1.